The third kappa shape index (κ3) is 4.30. The van der Waals surface area contributed by atoms with E-state index < -0.39 is 0 Å². The molecule has 0 saturated carbocycles. The second-order valence-corrected chi connectivity index (χ2v) is 6.05. The Morgan fingerprint density at radius 1 is 1.33 bits per heavy atom. The van der Waals surface area contributed by atoms with E-state index in [2.05, 4.69) is 47.8 Å². The molecule has 1 N–H and O–H groups in total. The van der Waals surface area contributed by atoms with Gasteiger partial charge in [-0.3, -0.25) is 0 Å². The molecule has 100 valence electrons. The zero-order valence-electron chi connectivity index (χ0n) is 11.5. The van der Waals surface area contributed by atoms with Crippen LogP contribution in [0.2, 0.25) is 0 Å². The Kier molecular flexibility index (Phi) is 5.54. The van der Waals surface area contributed by atoms with Crippen molar-refractivity contribution in [1.82, 2.24) is 10.2 Å². The molecule has 0 spiro atoms. The van der Waals surface area contributed by atoms with Crippen molar-refractivity contribution in [2.75, 3.05) is 26.4 Å². The zero-order valence-corrected chi connectivity index (χ0v) is 12.3. The predicted molar refractivity (Wildman–Crippen MR) is 80.2 cm³/mol. The van der Waals surface area contributed by atoms with Crippen molar-refractivity contribution in [2.24, 2.45) is 0 Å². The van der Waals surface area contributed by atoms with Gasteiger partial charge in [-0.25, -0.2) is 0 Å². The van der Waals surface area contributed by atoms with E-state index in [0.29, 0.717) is 0 Å². The van der Waals surface area contributed by atoms with Crippen molar-refractivity contribution in [1.29, 1.82) is 0 Å². The van der Waals surface area contributed by atoms with Crippen molar-refractivity contribution in [3.8, 4) is 0 Å². The summed E-state index contributed by atoms with van der Waals surface area (Å²) in [6.07, 6.45) is 6.11. The molecule has 1 unspecified atom stereocenters. The predicted octanol–water partition coefficient (Wildman–Crippen LogP) is 2.98. The first-order valence-corrected chi connectivity index (χ1v) is 8.05. The van der Waals surface area contributed by atoms with Gasteiger partial charge in [-0.1, -0.05) is 12.1 Å². The standard InChI is InChI=1S/C15H24N2S/c1-17(11-9-14-4-3-10-16-14)12-13-5-7-15(18-2)8-6-13/h5-8,14,16H,3-4,9-12H2,1-2H3. The number of hydrogen-bond acceptors (Lipinski definition) is 3. The molecule has 1 aliphatic heterocycles. The summed E-state index contributed by atoms with van der Waals surface area (Å²) in [5.74, 6) is 0. The molecule has 3 heteroatoms. The molecule has 1 saturated heterocycles. The number of thioether (sulfide) groups is 1. The summed E-state index contributed by atoms with van der Waals surface area (Å²) >= 11 is 1.80. The summed E-state index contributed by atoms with van der Waals surface area (Å²) < 4.78 is 0. The molecular weight excluding hydrogens is 240 g/mol. The summed E-state index contributed by atoms with van der Waals surface area (Å²) in [7, 11) is 2.22. The van der Waals surface area contributed by atoms with Gasteiger partial charge in [0.1, 0.15) is 0 Å². The van der Waals surface area contributed by atoms with E-state index in [1.54, 1.807) is 11.8 Å². The van der Waals surface area contributed by atoms with Crippen molar-refractivity contribution in [3.05, 3.63) is 29.8 Å². The summed E-state index contributed by atoms with van der Waals surface area (Å²) in [4.78, 5) is 3.77. The summed E-state index contributed by atoms with van der Waals surface area (Å²) in [6.45, 7) is 3.45. The van der Waals surface area contributed by atoms with Gasteiger partial charge >= 0.3 is 0 Å². The maximum absolute atomic E-state index is 3.56. The molecule has 1 aromatic carbocycles. The monoisotopic (exact) mass is 264 g/mol. The van der Waals surface area contributed by atoms with Gasteiger partial charge in [0.15, 0.2) is 0 Å². The molecule has 0 aliphatic carbocycles. The minimum absolute atomic E-state index is 0.756. The average Bonchev–Trinajstić information content (AvgIpc) is 2.90. The van der Waals surface area contributed by atoms with Crippen LogP contribution in [0, 0.1) is 0 Å². The highest BCUT2D eigenvalue weighted by Crippen LogP contribution is 2.16. The van der Waals surface area contributed by atoms with E-state index in [9.17, 15) is 0 Å². The van der Waals surface area contributed by atoms with Crippen LogP contribution in [0.5, 0.6) is 0 Å². The van der Waals surface area contributed by atoms with E-state index in [4.69, 9.17) is 0 Å². The molecule has 2 rings (SSSR count). The lowest BCUT2D eigenvalue weighted by Gasteiger charge is -2.19. The zero-order chi connectivity index (χ0) is 12.8. The van der Waals surface area contributed by atoms with Crippen LogP contribution in [-0.4, -0.2) is 37.3 Å². The molecule has 1 aromatic rings. The SMILES string of the molecule is CSc1ccc(CN(C)CCC2CCCN2)cc1. The fraction of sp³-hybridized carbons (Fsp3) is 0.600. The maximum atomic E-state index is 3.56. The second kappa shape index (κ2) is 7.17. The lowest BCUT2D eigenvalue weighted by molar-refractivity contribution is 0.305. The topological polar surface area (TPSA) is 15.3 Å². The molecule has 1 fully saturated rings. The number of hydrogen-bond donors (Lipinski definition) is 1. The molecular formula is C15H24N2S. The summed E-state index contributed by atoms with van der Waals surface area (Å²) in [6, 6.07) is 9.68. The quantitative estimate of drug-likeness (QED) is 0.795. The average molecular weight is 264 g/mol. The lowest BCUT2D eigenvalue weighted by atomic mass is 10.1. The van der Waals surface area contributed by atoms with Gasteiger partial charge in [-0.05, 0) is 63.4 Å². The van der Waals surface area contributed by atoms with Gasteiger partial charge in [0, 0.05) is 17.5 Å². The third-order valence-electron chi connectivity index (χ3n) is 3.63. The van der Waals surface area contributed by atoms with Crippen LogP contribution in [0.25, 0.3) is 0 Å². The molecule has 1 heterocycles. The minimum Gasteiger partial charge on any atom is -0.314 e. The third-order valence-corrected chi connectivity index (χ3v) is 4.38. The molecule has 0 amide bonds. The lowest BCUT2D eigenvalue weighted by Crippen LogP contribution is -2.28. The van der Waals surface area contributed by atoms with Crippen molar-refractivity contribution in [2.45, 2.75) is 36.7 Å². The number of benzene rings is 1. The highest BCUT2D eigenvalue weighted by molar-refractivity contribution is 7.98. The molecule has 0 radical (unpaired) electrons. The Bertz CT molecular complexity index is 344. The largest absolute Gasteiger partial charge is 0.314 e. The second-order valence-electron chi connectivity index (χ2n) is 5.17. The Morgan fingerprint density at radius 2 is 2.11 bits per heavy atom. The summed E-state index contributed by atoms with van der Waals surface area (Å²) in [5, 5.41) is 3.56. The van der Waals surface area contributed by atoms with Crippen molar-refractivity contribution >= 4 is 11.8 Å². The fourth-order valence-corrected chi connectivity index (χ4v) is 2.91. The molecule has 0 aromatic heterocycles. The number of nitrogens with one attached hydrogen (secondary N) is 1. The highest BCUT2D eigenvalue weighted by atomic mass is 32.2. The molecule has 0 bridgehead atoms. The molecule has 1 aliphatic rings. The first-order valence-electron chi connectivity index (χ1n) is 6.83. The minimum atomic E-state index is 0.756. The van der Waals surface area contributed by atoms with E-state index in [1.165, 1.54) is 42.8 Å². The van der Waals surface area contributed by atoms with Crippen LogP contribution >= 0.6 is 11.8 Å². The van der Waals surface area contributed by atoms with Crippen LogP contribution in [0.1, 0.15) is 24.8 Å². The van der Waals surface area contributed by atoms with Gasteiger partial charge in [0.05, 0.1) is 0 Å². The van der Waals surface area contributed by atoms with E-state index in [0.717, 1.165) is 12.6 Å². The summed E-state index contributed by atoms with van der Waals surface area (Å²) in [5.41, 5.74) is 1.41. The maximum Gasteiger partial charge on any atom is 0.0230 e. The van der Waals surface area contributed by atoms with Crippen LogP contribution in [-0.2, 0) is 6.54 Å². The van der Waals surface area contributed by atoms with Crippen LogP contribution in [0.3, 0.4) is 0 Å². The van der Waals surface area contributed by atoms with Crippen LogP contribution in [0.15, 0.2) is 29.2 Å². The van der Waals surface area contributed by atoms with Crippen LogP contribution < -0.4 is 5.32 Å². The van der Waals surface area contributed by atoms with Gasteiger partial charge in [-0.2, -0.15) is 0 Å². The molecule has 2 nitrogen and oxygen atoms in total. The van der Waals surface area contributed by atoms with Gasteiger partial charge in [0.25, 0.3) is 0 Å². The van der Waals surface area contributed by atoms with E-state index >= 15 is 0 Å². The fourth-order valence-electron chi connectivity index (χ4n) is 2.50. The normalized spacial score (nSPS) is 19.6. The van der Waals surface area contributed by atoms with E-state index in [1.807, 2.05) is 0 Å². The van der Waals surface area contributed by atoms with E-state index in [-0.39, 0.29) is 0 Å². The molecule has 1 atom stereocenters. The van der Waals surface area contributed by atoms with Crippen molar-refractivity contribution in [3.63, 3.8) is 0 Å². The Morgan fingerprint density at radius 3 is 2.72 bits per heavy atom. The Balaban J connectivity index is 1.73. The van der Waals surface area contributed by atoms with Gasteiger partial charge < -0.3 is 10.2 Å². The molecule has 18 heavy (non-hydrogen) atoms. The Hall–Kier alpha value is -0.510. The van der Waals surface area contributed by atoms with Gasteiger partial charge in [-0.15, -0.1) is 11.8 Å². The Labute approximate surface area is 115 Å². The number of nitrogens with zero attached hydrogens (tertiary/aromatic N) is 1. The van der Waals surface area contributed by atoms with Crippen molar-refractivity contribution < 1.29 is 0 Å². The highest BCUT2D eigenvalue weighted by Gasteiger charge is 2.14. The first kappa shape index (κ1) is 13.9. The smallest absolute Gasteiger partial charge is 0.0230 e. The first-order chi connectivity index (χ1) is 8.78. The number of rotatable bonds is 6. The van der Waals surface area contributed by atoms with Crippen LogP contribution in [0.4, 0.5) is 0 Å². The van der Waals surface area contributed by atoms with Gasteiger partial charge in [0.2, 0.25) is 0 Å².